The van der Waals surface area contributed by atoms with Gasteiger partial charge in [-0.1, -0.05) is 30.3 Å². The first-order valence-corrected chi connectivity index (χ1v) is 7.21. The number of hydrogen-bond donors (Lipinski definition) is 2. The number of nitrogens with one attached hydrogen (secondary N) is 1. The van der Waals surface area contributed by atoms with Crippen LogP contribution in [0.1, 0.15) is 37.8 Å². The van der Waals surface area contributed by atoms with Crippen molar-refractivity contribution < 1.29 is 4.74 Å². The first-order valence-electron chi connectivity index (χ1n) is 7.21. The predicted octanol–water partition coefficient (Wildman–Crippen LogP) is 2.55. The molecule has 1 fully saturated rings. The van der Waals surface area contributed by atoms with Gasteiger partial charge in [-0.15, -0.1) is 0 Å². The molecular weight excluding hydrogens is 250 g/mol. The van der Waals surface area contributed by atoms with Crippen LogP contribution in [0.5, 0.6) is 0 Å². The van der Waals surface area contributed by atoms with Crippen LogP contribution in [0.2, 0.25) is 0 Å². The van der Waals surface area contributed by atoms with Crippen molar-refractivity contribution >= 4 is 5.84 Å². The third-order valence-corrected chi connectivity index (χ3v) is 4.22. The summed E-state index contributed by atoms with van der Waals surface area (Å²) in [6.07, 6.45) is 2.77. The first-order chi connectivity index (χ1) is 9.54. The van der Waals surface area contributed by atoms with Gasteiger partial charge < -0.3 is 10.5 Å². The standard InChI is InChI=1S/C16H25N3O/c1-16(20-2)9-6-10-19(12-16)14(11-15(17)18)13-7-4-3-5-8-13/h3-5,7-8,14H,6,9-12H2,1-2H3,(H3,17,18). The third kappa shape index (κ3) is 3.58. The summed E-state index contributed by atoms with van der Waals surface area (Å²) in [6.45, 7) is 4.08. The van der Waals surface area contributed by atoms with E-state index in [0.717, 1.165) is 25.9 Å². The summed E-state index contributed by atoms with van der Waals surface area (Å²) in [6, 6.07) is 10.5. The summed E-state index contributed by atoms with van der Waals surface area (Å²) < 4.78 is 5.67. The van der Waals surface area contributed by atoms with Crippen molar-refractivity contribution in [3.05, 3.63) is 35.9 Å². The molecule has 20 heavy (non-hydrogen) atoms. The second-order valence-corrected chi connectivity index (χ2v) is 5.88. The van der Waals surface area contributed by atoms with Gasteiger partial charge in [-0.2, -0.15) is 0 Å². The summed E-state index contributed by atoms with van der Waals surface area (Å²) in [5.74, 6) is 0.239. The molecule has 1 aromatic rings. The van der Waals surface area contributed by atoms with Crippen molar-refractivity contribution in [3.8, 4) is 0 Å². The predicted molar refractivity (Wildman–Crippen MR) is 81.9 cm³/mol. The summed E-state index contributed by atoms with van der Waals surface area (Å²) >= 11 is 0. The molecule has 110 valence electrons. The normalized spacial score (nSPS) is 25.3. The molecule has 2 unspecified atom stereocenters. The van der Waals surface area contributed by atoms with Gasteiger partial charge in [-0.05, 0) is 31.9 Å². The number of piperidine rings is 1. The molecule has 4 nitrogen and oxygen atoms in total. The Kier molecular flexibility index (Phi) is 4.78. The third-order valence-electron chi connectivity index (χ3n) is 4.22. The van der Waals surface area contributed by atoms with Gasteiger partial charge in [-0.3, -0.25) is 10.3 Å². The lowest BCUT2D eigenvalue weighted by molar-refractivity contribution is -0.0611. The average molecular weight is 275 g/mol. The molecule has 0 saturated carbocycles. The van der Waals surface area contributed by atoms with Crippen LogP contribution in [-0.2, 0) is 4.74 Å². The van der Waals surface area contributed by atoms with E-state index in [1.165, 1.54) is 5.56 Å². The van der Waals surface area contributed by atoms with Gasteiger partial charge in [0.2, 0.25) is 0 Å². The Labute approximate surface area is 121 Å². The summed E-state index contributed by atoms with van der Waals surface area (Å²) in [5.41, 5.74) is 6.79. The number of likely N-dealkylation sites (tertiary alicyclic amines) is 1. The number of ether oxygens (including phenoxy) is 1. The minimum absolute atomic E-state index is 0.0952. The molecule has 0 amide bonds. The summed E-state index contributed by atoms with van der Waals surface area (Å²) in [4.78, 5) is 2.41. The lowest BCUT2D eigenvalue weighted by Gasteiger charge is -2.43. The first kappa shape index (κ1) is 15.0. The molecular formula is C16H25N3O. The van der Waals surface area contributed by atoms with Crippen molar-refractivity contribution in [1.82, 2.24) is 4.90 Å². The Morgan fingerprint density at radius 3 is 2.75 bits per heavy atom. The van der Waals surface area contributed by atoms with E-state index in [2.05, 4.69) is 24.0 Å². The van der Waals surface area contributed by atoms with E-state index < -0.39 is 0 Å². The van der Waals surface area contributed by atoms with E-state index in [-0.39, 0.29) is 17.5 Å². The van der Waals surface area contributed by atoms with Crippen LogP contribution in [0.3, 0.4) is 0 Å². The minimum Gasteiger partial charge on any atom is -0.388 e. The number of amidine groups is 1. The number of nitrogens with zero attached hydrogens (tertiary/aromatic N) is 1. The quantitative estimate of drug-likeness (QED) is 0.641. The Hall–Kier alpha value is -1.39. The van der Waals surface area contributed by atoms with Crippen molar-refractivity contribution in [3.63, 3.8) is 0 Å². The Balaban J connectivity index is 2.20. The van der Waals surface area contributed by atoms with Crippen LogP contribution >= 0.6 is 0 Å². The number of nitrogens with two attached hydrogens (primary N) is 1. The van der Waals surface area contributed by atoms with Crippen molar-refractivity contribution in [2.24, 2.45) is 5.73 Å². The zero-order valence-corrected chi connectivity index (χ0v) is 12.4. The molecule has 0 bridgehead atoms. The molecule has 0 radical (unpaired) electrons. The van der Waals surface area contributed by atoms with Crippen LogP contribution in [-0.4, -0.2) is 36.5 Å². The lowest BCUT2D eigenvalue weighted by Crippen LogP contribution is -2.49. The van der Waals surface area contributed by atoms with Crippen LogP contribution in [0.4, 0.5) is 0 Å². The second kappa shape index (κ2) is 6.37. The van der Waals surface area contributed by atoms with Gasteiger partial charge in [-0.25, -0.2) is 0 Å². The van der Waals surface area contributed by atoms with E-state index >= 15 is 0 Å². The van der Waals surface area contributed by atoms with Gasteiger partial charge in [0.1, 0.15) is 0 Å². The second-order valence-electron chi connectivity index (χ2n) is 5.88. The molecule has 1 heterocycles. The molecule has 2 atom stereocenters. The van der Waals surface area contributed by atoms with E-state index in [1.807, 2.05) is 18.2 Å². The largest absolute Gasteiger partial charge is 0.388 e. The fourth-order valence-electron chi connectivity index (χ4n) is 3.02. The molecule has 0 aromatic heterocycles. The molecule has 4 heteroatoms. The fraction of sp³-hybridized carbons (Fsp3) is 0.562. The molecule has 2 rings (SSSR count). The molecule has 0 spiro atoms. The fourth-order valence-corrected chi connectivity index (χ4v) is 3.02. The number of methoxy groups -OCH3 is 1. The average Bonchev–Trinajstić information content (AvgIpc) is 2.45. The van der Waals surface area contributed by atoms with Crippen LogP contribution in [0.15, 0.2) is 30.3 Å². The topological polar surface area (TPSA) is 62.3 Å². The van der Waals surface area contributed by atoms with E-state index in [4.69, 9.17) is 15.9 Å². The highest BCUT2D eigenvalue weighted by Crippen LogP contribution is 2.32. The summed E-state index contributed by atoms with van der Waals surface area (Å²) in [7, 11) is 1.78. The van der Waals surface area contributed by atoms with Crippen LogP contribution < -0.4 is 5.73 Å². The number of hydrogen-bond acceptors (Lipinski definition) is 3. The Morgan fingerprint density at radius 1 is 1.45 bits per heavy atom. The summed E-state index contributed by atoms with van der Waals surface area (Å²) in [5, 5.41) is 7.66. The van der Waals surface area contributed by atoms with E-state index in [0.29, 0.717) is 6.42 Å². The highest BCUT2D eigenvalue weighted by Gasteiger charge is 2.34. The SMILES string of the molecule is COC1(C)CCCN(C(CC(=N)N)c2ccccc2)C1. The van der Waals surface area contributed by atoms with Crippen LogP contribution in [0, 0.1) is 5.41 Å². The maximum absolute atomic E-state index is 7.66. The monoisotopic (exact) mass is 275 g/mol. The lowest BCUT2D eigenvalue weighted by atomic mass is 9.91. The zero-order chi connectivity index (χ0) is 14.6. The van der Waals surface area contributed by atoms with Crippen molar-refractivity contribution in [2.45, 2.75) is 37.8 Å². The van der Waals surface area contributed by atoms with Gasteiger partial charge in [0.25, 0.3) is 0 Å². The molecule has 1 aliphatic rings. The molecule has 1 aromatic carbocycles. The molecule has 3 N–H and O–H groups in total. The van der Waals surface area contributed by atoms with E-state index in [9.17, 15) is 0 Å². The van der Waals surface area contributed by atoms with Crippen molar-refractivity contribution in [2.75, 3.05) is 20.2 Å². The van der Waals surface area contributed by atoms with Gasteiger partial charge in [0, 0.05) is 26.1 Å². The maximum atomic E-state index is 7.66. The van der Waals surface area contributed by atoms with Crippen LogP contribution in [0.25, 0.3) is 0 Å². The highest BCUT2D eigenvalue weighted by molar-refractivity contribution is 5.77. The maximum Gasteiger partial charge on any atom is 0.0924 e. The minimum atomic E-state index is -0.0952. The van der Waals surface area contributed by atoms with Crippen molar-refractivity contribution in [1.29, 1.82) is 5.41 Å². The highest BCUT2D eigenvalue weighted by atomic mass is 16.5. The van der Waals surface area contributed by atoms with Gasteiger partial charge >= 0.3 is 0 Å². The van der Waals surface area contributed by atoms with Gasteiger partial charge in [0.15, 0.2) is 0 Å². The Morgan fingerprint density at radius 2 is 2.15 bits per heavy atom. The smallest absolute Gasteiger partial charge is 0.0924 e. The Bertz CT molecular complexity index is 448. The molecule has 1 aliphatic heterocycles. The number of rotatable bonds is 5. The zero-order valence-electron chi connectivity index (χ0n) is 12.4. The molecule has 0 aliphatic carbocycles. The van der Waals surface area contributed by atoms with E-state index in [1.54, 1.807) is 7.11 Å². The molecule has 1 saturated heterocycles. The number of benzene rings is 1. The van der Waals surface area contributed by atoms with Gasteiger partial charge in [0.05, 0.1) is 11.4 Å².